The van der Waals surface area contributed by atoms with E-state index in [-0.39, 0.29) is 24.8 Å². The van der Waals surface area contributed by atoms with E-state index < -0.39 is 5.97 Å². The maximum absolute atomic E-state index is 13.1. The number of carboxylic acids is 1. The fourth-order valence-electron chi connectivity index (χ4n) is 5.23. The zero-order chi connectivity index (χ0) is 28.0. The average Bonchev–Trinajstić information content (AvgIpc) is 2.92. The number of hydrogen-bond donors (Lipinski definition) is 2. The first-order chi connectivity index (χ1) is 18.9. The molecule has 1 fully saturated rings. The van der Waals surface area contributed by atoms with Gasteiger partial charge in [0.1, 0.15) is 0 Å². The van der Waals surface area contributed by atoms with Gasteiger partial charge in [0, 0.05) is 18.8 Å². The number of carbonyl (C=O) groups is 2. The van der Waals surface area contributed by atoms with E-state index in [1.807, 2.05) is 61.2 Å². The van der Waals surface area contributed by atoms with Gasteiger partial charge in [-0.3, -0.25) is 0 Å². The van der Waals surface area contributed by atoms with Crippen molar-refractivity contribution in [2.75, 3.05) is 25.0 Å². The van der Waals surface area contributed by atoms with Gasteiger partial charge in [-0.05, 0) is 68.7 Å². The van der Waals surface area contributed by atoms with Gasteiger partial charge in [-0.2, -0.15) is 0 Å². The van der Waals surface area contributed by atoms with Crippen molar-refractivity contribution >= 4 is 17.7 Å². The topological polar surface area (TPSA) is 88.1 Å². The molecule has 2 aromatic rings. The maximum Gasteiger partial charge on any atom is 0.336 e. The van der Waals surface area contributed by atoms with Gasteiger partial charge < -0.3 is 24.8 Å². The number of carbonyl (C=O) groups excluding carboxylic acids is 1. The molecular weight excluding hydrogens is 492 g/mol. The molecule has 39 heavy (non-hydrogen) atoms. The highest BCUT2D eigenvalue weighted by molar-refractivity contribution is 5.91. The molecule has 0 heterocycles. The summed E-state index contributed by atoms with van der Waals surface area (Å²) in [5.41, 5.74) is 3.67. The fraction of sp³-hybridized carbons (Fsp3) is 0.562. The molecule has 214 valence electrons. The second-order valence-electron chi connectivity index (χ2n) is 10.7. The number of nitrogens with zero attached hydrogens (tertiary/aromatic N) is 1. The quantitative estimate of drug-likeness (QED) is 0.231. The predicted octanol–water partition coefficient (Wildman–Crippen LogP) is 7.35. The van der Waals surface area contributed by atoms with Crippen molar-refractivity contribution in [2.45, 2.75) is 97.4 Å². The summed E-state index contributed by atoms with van der Waals surface area (Å²) in [6, 6.07) is 13.3. The van der Waals surface area contributed by atoms with Crippen LogP contribution in [-0.4, -0.2) is 53.9 Å². The van der Waals surface area contributed by atoms with Crippen molar-refractivity contribution in [3.63, 3.8) is 0 Å². The number of aromatic carboxylic acids is 1. The number of hydrogen-bond acceptors (Lipinski definition) is 4. The maximum atomic E-state index is 13.1. The molecule has 2 aromatic carbocycles. The van der Waals surface area contributed by atoms with Gasteiger partial charge in [-0.25, -0.2) is 9.59 Å². The molecule has 0 aromatic heterocycles. The molecule has 2 amide bonds. The minimum absolute atomic E-state index is 0.0323. The van der Waals surface area contributed by atoms with E-state index in [9.17, 15) is 14.7 Å². The van der Waals surface area contributed by atoms with Crippen LogP contribution in [0.25, 0.3) is 0 Å². The van der Waals surface area contributed by atoms with Gasteiger partial charge in [-0.1, -0.05) is 69.0 Å². The summed E-state index contributed by atoms with van der Waals surface area (Å²) in [4.78, 5) is 26.7. The summed E-state index contributed by atoms with van der Waals surface area (Å²) in [6.45, 7) is 8.03. The lowest BCUT2D eigenvalue weighted by atomic mass is 9.94. The molecule has 1 aliphatic rings. The summed E-state index contributed by atoms with van der Waals surface area (Å²) in [7, 11) is 0. The molecule has 7 heteroatoms. The molecule has 2 unspecified atom stereocenters. The third kappa shape index (κ3) is 9.97. The molecule has 0 saturated heterocycles. The lowest BCUT2D eigenvalue weighted by molar-refractivity contribution is -0.0523. The largest absolute Gasteiger partial charge is 0.478 e. The zero-order valence-electron chi connectivity index (χ0n) is 23.9. The van der Waals surface area contributed by atoms with E-state index in [0.717, 1.165) is 55.3 Å². The number of unbranched alkanes of at least 4 members (excludes halogenated alkanes) is 4. The molecule has 2 N–H and O–H groups in total. The molecular formula is C32H46N2O5. The number of urea groups is 1. The molecule has 0 spiro atoms. The Hall–Kier alpha value is -2.90. The minimum atomic E-state index is -0.919. The summed E-state index contributed by atoms with van der Waals surface area (Å²) in [6.07, 6.45) is 9.52. The van der Waals surface area contributed by atoms with Gasteiger partial charge in [-0.15, -0.1) is 0 Å². The first kappa shape index (κ1) is 30.6. The Morgan fingerprint density at radius 1 is 0.923 bits per heavy atom. The SMILES string of the molecule is CCCCCCCN(CCOC1CCCC(OCc2cccc(C)c2C(=O)O)C1)C(=O)Nc1ccccc1C. The van der Waals surface area contributed by atoms with Crippen LogP contribution < -0.4 is 5.32 Å². The number of rotatable bonds is 15. The number of anilines is 1. The molecule has 0 bridgehead atoms. The lowest BCUT2D eigenvalue weighted by Crippen LogP contribution is -2.39. The number of benzene rings is 2. The lowest BCUT2D eigenvalue weighted by Gasteiger charge is -2.30. The van der Waals surface area contributed by atoms with Crippen molar-refractivity contribution in [2.24, 2.45) is 0 Å². The monoisotopic (exact) mass is 538 g/mol. The summed E-state index contributed by atoms with van der Waals surface area (Å²) in [5.74, 6) is -0.919. The van der Waals surface area contributed by atoms with Crippen LogP contribution in [0.1, 0.15) is 91.8 Å². The zero-order valence-corrected chi connectivity index (χ0v) is 23.9. The summed E-state index contributed by atoms with van der Waals surface area (Å²) < 4.78 is 12.4. The molecule has 0 aliphatic heterocycles. The van der Waals surface area contributed by atoms with Crippen LogP contribution in [0, 0.1) is 13.8 Å². The van der Waals surface area contributed by atoms with Gasteiger partial charge in [0.2, 0.25) is 0 Å². The van der Waals surface area contributed by atoms with Crippen molar-refractivity contribution < 1.29 is 24.2 Å². The highest BCUT2D eigenvalue weighted by atomic mass is 16.5. The van der Waals surface area contributed by atoms with Crippen LogP contribution in [-0.2, 0) is 16.1 Å². The number of ether oxygens (including phenoxy) is 2. The van der Waals surface area contributed by atoms with Crippen LogP contribution in [0.2, 0.25) is 0 Å². The number of aryl methyl sites for hydroxylation is 2. The van der Waals surface area contributed by atoms with Gasteiger partial charge >= 0.3 is 12.0 Å². The Balaban J connectivity index is 1.49. The molecule has 2 atom stereocenters. The van der Waals surface area contributed by atoms with Crippen LogP contribution in [0.4, 0.5) is 10.5 Å². The molecule has 1 aliphatic carbocycles. The predicted molar refractivity (Wildman–Crippen MR) is 155 cm³/mol. The summed E-state index contributed by atoms with van der Waals surface area (Å²) >= 11 is 0. The Bertz CT molecular complexity index is 1060. The van der Waals surface area contributed by atoms with Crippen molar-refractivity contribution in [3.8, 4) is 0 Å². The van der Waals surface area contributed by atoms with Crippen molar-refractivity contribution in [1.82, 2.24) is 4.90 Å². The van der Waals surface area contributed by atoms with Crippen LogP contribution >= 0.6 is 0 Å². The Morgan fingerprint density at radius 3 is 2.38 bits per heavy atom. The summed E-state index contributed by atoms with van der Waals surface area (Å²) in [5, 5.41) is 12.7. The number of para-hydroxylation sites is 1. The fourth-order valence-corrected chi connectivity index (χ4v) is 5.23. The van der Waals surface area contributed by atoms with E-state index in [1.165, 1.54) is 19.3 Å². The molecule has 1 saturated carbocycles. The molecule has 3 rings (SSSR count). The van der Waals surface area contributed by atoms with Crippen LogP contribution in [0.3, 0.4) is 0 Å². The third-order valence-electron chi connectivity index (χ3n) is 7.55. The van der Waals surface area contributed by atoms with Gasteiger partial charge in [0.15, 0.2) is 0 Å². The second kappa shape index (κ2) is 16.3. The Kier molecular flexibility index (Phi) is 12.8. The van der Waals surface area contributed by atoms with Gasteiger partial charge in [0.05, 0.1) is 31.0 Å². The number of amides is 2. The first-order valence-corrected chi connectivity index (χ1v) is 14.6. The highest BCUT2D eigenvalue weighted by Gasteiger charge is 2.24. The standard InChI is InChI=1S/C32H46N2O5/c1-4-5-6-7-10-19-34(32(37)33-29-18-9-8-13-24(29)2)20-21-38-27-16-12-17-28(22-27)39-23-26-15-11-14-25(3)30(26)31(35)36/h8-9,11,13-15,18,27-28H,4-7,10,12,16-17,19-23H2,1-3H3,(H,33,37)(H,35,36). The first-order valence-electron chi connectivity index (χ1n) is 14.6. The number of nitrogens with one attached hydrogen (secondary N) is 1. The molecule has 0 radical (unpaired) electrons. The Morgan fingerprint density at radius 2 is 1.64 bits per heavy atom. The number of carboxylic acid groups (broad SMARTS) is 1. The minimum Gasteiger partial charge on any atom is -0.478 e. The second-order valence-corrected chi connectivity index (χ2v) is 10.7. The van der Waals surface area contributed by atoms with Crippen molar-refractivity contribution in [1.29, 1.82) is 0 Å². The highest BCUT2D eigenvalue weighted by Crippen LogP contribution is 2.25. The van der Waals surface area contributed by atoms with E-state index in [2.05, 4.69) is 12.2 Å². The normalized spacial score (nSPS) is 17.1. The van der Waals surface area contributed by atoms with Crippen LogP contribution in [0.15, 0.2) is 42.5 Å². The van der Waals surface area contributed by atoms with Crippen LogP contribution in [0.5, 0.6) is 0 Å². The average molecular weight is 539 g/mol. The van der Waals surface area contributed by atoms with Gasteiger partial charge in [0.25, 0.3) is 0 Å². The third-order valence-corrected chi connectivity index (χ3v) is 7.55. The van der Waals surface area contributed by atoms with E-state index in [4.69, 9.17) is 9.47 Å². The van der Waals surface area contributed by atoms with E-state index in [0.29, 0.717) is 30.8 Å². The van der Waals surface area contributed by atoms with E-state index >= 15 is 0 Å². The van der Waals surface area contributed by atoms with Crippen molar-refractivity contribution in [3.05, 3.63) is 64.7 Å². The molecule has 7 nitrogen and oxygen atoms in total. The Labute approximate surface area is 233 Å². The van der Waals surface area contributed by atoms with E-state index in [1.54, 1.807) is 0 Å². The smallest absolute Gasteiger partial charge is 0.336 e.